The SMILES string of the molecule is C=C1CC(=O)N(c2ccc(Oc3ccc(C(C)(C)c4ccc(Oc5ccc(N6C(=O)CC(=C)C6=O)cc5)cc4)cc3)cc2)C1=O. The van der Waals surface area contributed by atoms with Crippen LogP contribution in [0.15, 0.2) is 121 Å². The van der Waals surface area contributed by atoms with Crippen LogP contribution in [0.4, 0.5) is 11.4 Å². The van der Waals surface area contributed by atoms with Crippen LogP contribution in [-0.2, 0) is 24.6 Å². The largest absolute Gasteiger partial charge is 0.457 e. The van der Waals surface area contributed by atoms with E-state index < -0.39 is 0 Å². The lowest BCUT2D eigenvalue weighted by Crippen LogP contribution is -2.28. The summed E-state index contributed by atoms with van der Waals surface area (Å²) >= 11 is 0. The van der Waals surface area contributed by atoms with Gasteiger partial charge >= 0.3 is 0 Å². The van der Waals surface area contributed by atoms with Crippen molar-refractivity contribution in [2.45, 2.75) is 32.1 Å². The molecule has 4 aromatic carbocycles. The summed E-state index contributed by atoms with van der Waals surface area (Å²) in [6.07, 6.45) is 0.0800. The van der Waals surface area contributed by atoms with Crippen molar-refractivity contribution in [3.63, 3.8) is 0 Å². The van der Waals surface area contributed by atoms with Crippen LogP contribution in [0.3, 0.4) is 0 Å². The van der Waals surface area contributed by atoms with Gasteiger partial charge in [0.15, 0.2) is 0 Å². The van der Waals surface area contributed by atoms with E-state index in [9.17, 15) is 19.2 Å². The van der Waals surface area contributed by atoms with Gasteiger partial charge in [-0.2, -0.15) is 0 Å². The molecule has 0 spiro atoms. The molecule has 0 N–H and O–H groups in total. The average Bonchev–Trinajstić information content (AvgIpc) is 3.44. The fourth-order valence-corrected chi connectivity index (χ4v) is 5.38. The number of carbonyl (C=O) groups excluding carboxylic acids is 4. The molecule has 45 heavy (non-hydrogen) atoms. The first kappa shape index (κ1) is 29.3. The summed E-state index contributed by atoms with van der Waals surface area (Å²) in [5.74, 6) is 1.16. The molecule has 6 rings (SSSR count). The zero-order valence-electron chi connectivity index (χ0n) is 24.9. The van der Waals surface area contributed by atoms with Gasteiger partial charge in [-0.25, -0.2) is 9.80 Å². The van der Waals surface area contributed by atoms with Crippen LogP contribution in [0.5, 0.6) is 23.0 Å². The number of amides is 4. The average molecular weight is 599 g/mol. The van der Waals surface area contributed by atoms with Crippen LogP contribution in [0, 0.1) is 0 Å². The Kier molecular flexibility index (Phi) is 7.42. The number of carbonyl (C=O) groups is 4. The van der Waals surface area contributed by atoms with Gasteiger partial charge in [-0.1, -0.05) is 51.3 Å². The third kappa shape index (κ3) is 5.65. The van der Waals surface area contributed by atoms with E-state index in [1.54, 1.807) is 48.5 Å². The van der Waals surface area contributed by atoms with E-state index in [1.807, 2.05) is 48.5 Å². The summed E-state index contributed by atoms with van der Waals surface area (Å²) in [6, 6.07) is 29.3. The number of hydrogen-bond donors (Lipinski definition) is 0. The second kappa shape index (κ2) is 11.4. The number of anilines is 2. The summed E-state index contributed by atoms with van der Waals surface area (Å²) in [5.41, 5.74) is 3.44. The summed E-state index contributed by atoms with van der Waals surface area (Å²) in [7, 11) is 0. The van der Waals surface area contributed by atoms with Crippen LogP contribution in [0.1, 0.15) is 37.8 Å². The molecule has 2 heterocycles. The number of nitrogens with zero attached hydrogens (tertiary/aromatic N) is 2. The lowest BCUT2D eigenvalue weighted by atomic mass is 9.78. The monoisotopic (exact) mass is 598 g/mol. The second-order valence-corrected chi connectivity index (χ2v) is 11.5. The molecule has 0 aromatic heterocycles. The molecule has 0 radical (unpaired) electrons. The molecule has 4 amide bonds. The topological polar surface area (TPSA) is 93.2 Å². The van der Waals surface area contributed by atoms with Crippen molar-refractivity contribution in [1.29, 1.82) is 0 Å². The number of rotatable bonds is 8. The van der Waals surface area contributed by atoms with E-state index >= 15 is 0 Å². The number of benzene rings is 4. The molecule has 8 nitrogen and oxygen atoms in total. The van der Waals surface area contributed by atoms with Crippen molar-refractivity contribution in [2.75, 3.05) is 9.80 Å². The van der Waals surface area contributed by atoms with Crippen molar-refractivity contribution < 1.29 is 28.7 Å². The lowest BCUT2D eigenvalue weighted by Gasteiger charge is -2.26. The van der Waals surface area contributed by atoms with Crippen molar-refractivity contribution in [2.24, 2.45) is 0 Å². The minimum Gasteiger partial charge on any atom is -0.457 e. The fraction of sp³-hybridized carbons (Fsp3) is 0.135. The van der Waals surface area contributed by atoms with E-state index in [-0.39, 0.29) is 41.9 Å². The Hall–Kier alpha value is -5.76. The molecular weight excluding hydrogens is 568 g/mol. The molecular formula is C37H30N2O6. The maximum atomic E-state index is 12.2. The van der Waals surface area contributed by atoms with Gasteiger partial charge in [0, 0.05) is 16.6 Å². The maximum Gasteiger partial charge on any atom is 0.260 e. The Bertz CT molecular complexity index is 1720. The summed E-state index contributed by atoms with van der Waals surface area (Å²) in [5, 5.41) is 0. The maximum absolute atomic E-state index is 12.2. The van der Waals surface area contributed by atoms with Gasteiger partial charge in [-0.15, -0.1) is 0 Å². The van der Waals surface area contributed by atoms with Gasteiger partial charge in [0.2, 0.25) is 11.8 Å². The van der Waals surface area contributed by atoms with Crippen molar-refractivity contribution >= 4 is 35.0 Å². The van der Waals surface area contributed by atoms with Gasteiger partial charge in [0.25, 0.3) is 11.8 Å². The predicted octanol–water partition coefficient (Wildman–Crippen LogP) is 7.24. The van der Waals surface area contributed by atoms with Gasteiger partial charge < -0.3 is 9.47 Å². The normalized spacial score (nSPS) is 15.3. The van der Waals surface area contributed by atoms with Gasteiger partial charge in [0.05, 0.1) is 24.2 Å². The highest BCUT2D eigenvalue weighted by atomic mass is 16.5. The van der Waals surface area contributed by atoms with Gasteiger partial charge in [-0.05, 0) is 83.9 Å². The van der Waals surface area contributed by atoms with E-state index in [2.05, 4.69) is 27.0 Å². The van der Waals surface area contributed by atoms with Gasteiger partial charge in [0.1, 0.15) is 23.0 Å². The fourth-order valence-electron chi connectivity index (χ4n) is 5.38. The third-order valence-electron chi connectivity index (χ3n) is 8.05. The standard InChI is InChI=1S/C37H30N2O6/c1-23-21-33(40)38(35(23)42)27-9-17-31(18-10-27)44-29-13-5-25(6-14-29)37(3,4)26-7-15-30(16-8-26)45-32-19-11-28(12-20-32)39-34(41)22-24(2)36(39)43/h5-20H,1-2,21-22H2,3-4H3. The first-order valence-corrected chi connectivity index (χ1v) is 14.4. The first-order valence-electron chi connectivity index (χ1n) is 14.4. The first-order chi connectivity index (χ1) is 21.5. The van der Waals surface area contributed by atoms with Crippen molar-refractivity contribution in [3.8, 4) is 23.0 Å². The molecule has 0 unspecified atom stereocenters. The Morgan fingerprint density at radius 2 is 0.800 bits per heavy atom. The highest BCUT2D eigenvalue weighted by molar-refractivity contribution is 6.28. The number of ether oxygens (including phenoxy) is 2. The van der Waals surface area contributed by atoms with Crippen LogP contribution >= 0.6 is 0 Å². The summed E-state index contributed by atoms with van der Waals surface area (Å²) < 4.78 is 12.0. The molecule has 2 aliphatic heterocycles. The third-order valence-corrected chi connectivity index (χ3v) is 8.05. The molecule has 2 aliphatic rings. The Labute approximate surface area is 260 Å². The number of hydrogen-bond acceptors (Lipinski definition) is 6. The summed E-state index contributed by atoms with van der Waals surface area (Å²) in [4.78, 5) is 51.0. The quantitative estimate of drug-likeness (QED) is 0.157. The molecule has 0 atom stereocenters. The van der Waals surface area contributed by atoms with Crippen molar-refractivity contribution in [1.82, 2.24) is 0 Å². The smallest absolute Gasteiger partial charge is 0.260 e. The molecule has 2 fully saturated rings. The Morgan fingerprint density at radius 1 is 0.511 bits per heavy atom. The molecule has 2 saturated heterocycles. The highest BCUT2D eigenvalue weighted by Gasteiger charge is 2.34. The highest BCUT2D eigenvalue weighted by Crippen LogP contribution is 2.36. The molecule has 224 valence electrons. The molecule has 4 aromatic rings. The molecule has 8 heteroatoms. The van der Waals surface area contributed by atoms with Crippen LogP contribution < -0.4 is 19.3 Å². The van der Waals surface area contributed by atoms with Gasteiger partial charge in [-0.3, -0.25) is 19.2 Å². The summed E-state index contributed by atoms with van der Waals surface area (Å²) in [6.45, 7) is 11.6. The van der Waals surface area contributed by atoms with E-state index in [0.29, 0.717) is 45.5 Å². The number of imide groups is 2. The van der Waals surface area contributed by atoms with Crippen LogP contribution in [0.25, 0.3) is 0 Å². The van der Waals surface area contributed by atoms with Crippen molar-refractivity contribution in [3.05, 3.63) is 132 Å². The molecule has 0 bridgehead atoms. The Balaban J connectivity index is 1.08. The molecule has 0 aliphatic carbocycles. The van der Waals surface area contributed by atoms with Crippen LogP contribution in [-0.4, -0.2) is 23.6 Å². The lowest BCUT2D eigenvalue weighted by molar-refractivity contribution is -0.122. The molecule has 0 saturated carbocycles. The Morgan fingerprint density at radius 3 is 1.07 bits per heavy atom. The zero-order chi connectivity index (χ0) is 31.9. The minimum atomic E-state index is -0.372. The van der Waals surface area contributed by atoms with E-state index in [0.717, 1.165) is 20.9 Å². The predicted molar refractivity (Wildman–Crippen MR) is 171 cm³/mol. The zero-order valence-corrected chi connectivity index (χ0v) is 24.9. The minimum absolute atomic E-state index is 0.0400. The van der Waals surface area contributed by atoms with E-state index in [4.69, 9.17) is 9.47 Å². The second-order valence-electron chi connectivity index (χ2n) is 11.5. The van der Waals surface area contributed by atoms with E-state index in [1.165, 1.54) is 0 Å². The van der Waals surface area contributed by atoms with Crippen LogP contribution in [0.2, 0.25) is 0 Å².